The van der Waals surface area contributed by atoms with Crippen molar-refractivity contribution in [1.29, 1.82) is 0 Å². The van der Waals surface area contributed by atoms with Crippen molar-refractivity contribution in [3.63, 3.8) is 0 Å². The molecule has 1 aliphatic carbocycles. The number of rotatable bonds is 5. The Bertz CT molecular complexity index is 790. The summed E-state index contributed by atoms with van der Waals surface area (Å²) in [7, 11) is 1.83. The Hall–Kier alpha value is -1.41. The van der Waals surface area contributed by atoms with Crippen LogP contribution in [0.25, 0.3) is 0 Å². The fourth-order valence-electron chi connectivity index (χ4n) is 4.99. The second kappa shape index (κ2) is 9.22. The number of hydrogen-bond donors (Lipinski definition) is 3. The van der Waals surface area contributed by atoms with Gasteiger partial charge in [-0.1, -0.05) is 24.9 Å². The molecule has 0 aromatic rings. The summed E-state index contributed by atoms with van der Waals surface area (Å²) in [5, 5.41) is 33.0. The maximum Gasteiger partial charge on any atom is 0.152 e. The SMILES string of the molecule is B/C(C)=C1/OC(COC2(C)CCCC(C)(C)C2(O)/C=C/C(C)=O)C(=C(C)C)C(O)C1O. The quantitative estimate of drug-likeness (QED) is 0.349. The summed E-state index contributed by atoms with van der Waals surface area (Å²) in [6.45, 7) is 13.0. The van der Waals surface area contributed by atoms with Crippen molar-refractivity contribution >= 4 is 13.6 Å². The van der Waals surface area contributed by atoms with E-state index in [0.717, 1.165) is 23.9 Å². The molecule has 174 valence electrons. The van der Waals surface area contributed by atoms with Crippen molar-refractivity contribution in [3.8, 4) is 0 Å². The van der Waals surface area contributed by atoms with Gasteiger partial charge in [0.1, 0.15) is 37.5 Å². The molecule has 0 amide bonds. The van der Waals surface area contributed by atoms with Crippen LogP contribution in [0, 0.1) is 5.41 Å². The number of carbonyl (C=O) groups is 1. The molecule has 1 aliphatic heterocycles. The van der Waals surface area contributed by atoms with Crippen molar-refractivity contribution in [3.05, 3.63) is 34.5 Å². The molecule has 0 aromatic heterocycles. The number of hydrogen-bond acceptors (Lipinski definition) is 6. The molecular weight excluding hydrogens is 395 g/mol. The van der Waals surface area contributed by atoms with E-state index in [1.165, 1.54) is 13.0 Å². The monoisotopic (exact) mass is 434 g/mol. The number of ether oxygens (including phenoxy) is 2. The van der Waals surface area contributed by atoms with E-state index in [-0.39, 0.29) is 12.4 Å². The Morgan fingerprint density at radius 1 is 1.16 bits per heavy atom. The molecule has 0 aromatic carbocycles. The van der Waals surface area contributed by atoms with Crippen molar-refractivity contribution in [2.75, 3.05) is 6.61 Å². The molecule has 5 atom stereocenters. The lowest BCUT2D eigenvalue weighted by Gasteiger charge is -2.56. The van der Waals surface area contributed by atoms with Gasteiger partial charge in [0, 0.05) is 5.57 Å². The third kappa shape index (κ3) is 4.85. The molecule has 0 bridgehead atoms. The maximum atomic E-state index is 11.8. The van der Waals surface area contributed by atoms with E-state index in [2.05, 4.69) is 0 Å². The van der Waals surface area contributed by atoms with E-state index in [1.54, 1.807) is 6.08 Å². The number of aliphatic hydroxyl groups is 3. The number of carbonyl (C=O) groups excluding carboxylic acids is 1. The zero-order chi connectivity index (χ0) is 23.8. The molecule has 0 radical (unpaired) electrons. The first kappa shape index (κ1) is 25.9. The summed E-state index contributed by atoms with van der Waals surface area (Å²) < 4.78 is 12.5. The Labute approximate surface area is 187 Å². The first-order valence-electron chi connectivity index (χ1n) is 11.1. The molecule has 1 saturated heterocycles. The summed E-state index contributed by atoms with van der Waals surface area (Å²) in [6.07, 6.45) is 2.50. The van der Waals surface area contributed by atoms with Crippen LogP contribution in [0.15, 0.2) is 34.5 Å². The minimum absolute atomic E-state index is 0.101. The first-order chi connectivity index (χ1) is 14.2. The van der Waals surface area contributed by atoms with Crippen molar-refractivity contribution in [1.82, 2.24) is 0 Å². The van der Waals surface area contributed by atoms with E-state index in [0.29, 0.717) is 17.8 Å². The van der Waals surface area contributed by atoms with Gasteiger partial charge in [-0.15, -0.1) is 0 Å². The van der Waals surface area contributed by atoms with E-state index >= 15 is 0 Å². The van der Waals surface area contributed by atoms with Crippen molar-refractivity contribution in [2.45, 2.75) is 97.2 Å². The molecule has 6 nitrogen and oxygen atoms in total. The lowest BCUT2D eigenvalue weighted by molar-refractivity contribution is -0.228. The van der Waals surface area contributed by atoms with Crippen LogP contribution in [-0.4, -0.2) is 65.1 Å². The first-order valence-corrected chi connectivity index (χ1v) is 11.1. The van der Waals surface area contributed by atoms with E-state index < -0.39 is 34.9 Å². The van der Waals surface area contributed by atoms with Crippen LogP contribution in [0.1, 0.15) is 67.7 Å². The van der Waals surface area contributed by atoms with Gasteiger partial charge in [-0.25, -0.2) is 0 Å². The third-order valence-electron chi connectivity index (χ3n) is 6.98. The largest absolute Gasteiger partial charge is 0.486 e. The van der Waals surface area contributed by atoms with Crippen LogP contribution >= 0.6 is 0 Å². The minimum atomic E-state index is -1.36. The Morgan fingerprint density at radius 2 is 1.77 bits per heavy atom. The summed E-state index contributed by atoms with van der Waals surface area (Å²) in [6, 6.07) is 0. The average molecular weight is 434 g/mol. The van der Waals surface area contributed by atoms with Gasteiger partial charge in [0.15, 0.2) is 5.78 Å². The van der Waals surface area contributed by atoms with Crippen LogP contribution in [-0.2, 0) is 14.3 Å². The molecule has 31 heavy (non-hydrogen) atoms. The maximum absolute atomic E-state index is 11.8. The van der Waals surface area contributed by atoms with Gasteiger partial charge < -0.3 is 24.8 Å². The fourth-order valence-corrected chi connectivity index (χ4v) is 4.99. The van der Waals surface area contributed by atoms with Gasteiger partial charge in [0.05, 0.1) is 12.2 Å². The summed E-state index contributed by atoms with van der Waals surface area (Å²) in [5.74, 6) is 0.219. The van der Waals surface area contributed by atoms with Crippen LogP contribution in [0.2, 0.25) is 0 Å². The third-order valence-corrected chi connectivity index (χ3v) is 6.98. The highest BCUT2D eigenvalue weighted by molar-refractivity contribution is 6.21. The molecule has 2 fully saturated rings. The topological polar surface area (TPSA) is 96.2 Å². The van der Waals surface area contributed by atoms with Gasteiger partial charge >= 0.3 is 0 Å². The van der Waals surface area contributed by atoms with E-state index in [1.807, 2.05) is 49.4 Å². The van der Waals surface area contributed by atoms with Crippen LogP contribution < -0.4 is 0 Å². The molecule has 7 heteroatoms. The smallest absolute Gasteiger partial charge is 0.152 e. The molecule has 1 saturated carbocycles. The molecular formula is C24H39BO6. The lowest BCUT2D eigenvalue weighted by atomic mass is 9.58. The Kier molecular flexibility index (Phi) is 7.69. The highest BCUT2D eigenvalue weighted by Crippen LogP contribution is 2.52. The predicted molar refractivity (Wildman–Crippen MR) is 123 cm³/mol. The molecule has 3 N–H and O–H groups in total. The summed E-state index contributed by atoms with van der Waals surface area (Å²) in [5.41, 5.74) is -0.577. The van der Waals surface area contributed by atoms with Crippen molar-refractivity contribution < 1.29 is 29.6 Å². The standard InChI is InChI=1S/C24H39BO6/c1-14(2)18-17(31-21(16(4)25)20(28)19(18)27)13-30-23(7)11-8-10-22(5,6)24(23,29)12-9-15(3)26/h9,12,17,19-20,27-29H,8,10-11,13,25H2,1-7H3/b12-9+,21-16+. The van der Waals surface area contributed by atoms with Gasteiger partial charge in [-0.05, 0) is 71.4 Å². The Balaban J connectivity index is 2.39. The second-order valence-corrected chi connectivity index (χ2v) is 10.3. The lowest BCUT2D eigenvalue weighted by Crippen LogP contribution is -2.64. The minimum Gasteiger partial charge on any atom is -0.486 e. The molecule has 5 unspecified atom stereocenters. The predicted octanol–water partition coefficient (Wildman–Crippen LogP) is 2.17. The fraction of sp³-hybridized carbons (Fsp3) is 0.708. The van der Waals surface area contributed by atoms with Crippen molar-refractivity contribution in [2.24, 2.45) is 5.41 Å². The van der Waals surface area contributed by atoms with E-state index in [9.17, 15) is 20.1 Å². The highest BCUT2D eigenvalue weighted by Gasteiger charge is 2.58. The highest BCUT2D eigenvalue weighted by atomic mass is 16.6. The van der Waals surface area contributed by atoms with Crippen LogP contribution in [0.4, 0.5) is 0 Å². The van der Waals surface area contributed by atoms with Gasteiger partial charge in [0.25, 0.3) is 0 Å². The molecule has 1 heterocycles. The van der Waals surface area contributed by atoms with Gasteiger partial charge in [-0.2, -0.15) is 0 Å². The Morgan fingerprint density at radius 3 is 2.29 bits per heavy atom. The van der Waals surface area contributed by atoms with Gasteiger partial charge in [-0.3, -0.25) is 4.79 Å². The zero-order valence-corrected chi connectivity index (χ0v) is 20.3. The molecule has 0 spiro atoms. The second-order valence-electron chi connectivity index (χ2n) is 10.3. The summed E-state index contributed by atoms with van der Waals surface area (Å²) >= 11 is 0. The molecule has 2 aliphatic rings. The average Bonchev–Trinajstić information content (AvgIpc) is 2.64. The number of allylic oxidation sites excluding steroid dienone is 3. The molecule has 2 rings (SSSR count). The van der Waals surface area contributed by atoms with Crippen LogP contribution in [0.3, 0.4) is 0 Å². The number of aliphatic hydroxyl groups excluding tert-OH is 2. The normalized spacial score (nSPS) is 37.5. The number of ketones is 1. The summed E-state index contributed by atoms with van der Waals surface area (Å²) in [4.78, 5) is 11.6. The zero-order valence-electron chi connectivity index (χ0n) is 20.3. The van der Waals surface area contributed by atoms with E-state index in [4.69, 9.17) is 9.47 Å². The van der Waals surface area contributed by atoms with Crippen LogP contribution in [0.5, 0.6) is 0 Å². The van der Waals surface area contributed by atoms with Gasteiger partial charge in [0.2, 0.25) is 0 Å².